The highest BCUT2D eigenvalue weighted by atomic mass is 16.4. The number of carbonyl (C=O) groups is 2. The normalized spacial score (nSPS) is 18.6. The van der Waals surface area contributed by atoms with E-state index in [2.05, 4.69) is 4.98 Å². The van der Waals surface area contributed by atoms with E-state index >= 15 is 0 Å². The predicted molar refractivity (Wildman–Crippen MR) is 74.7 cm³/mol. The van der Waals surface area contributed by atoms with Gasteiger partial charge in [-0.3, -0.25) is 4.79 Å². The maximum atomic E-state index is 12.4. The fourth-order valence-electron chi connectivity index (χ4n) is 2.79. The molecule has 1 aliphatic rings. The summed E-state index contributed by atoms with van der Waals surface area (Å²) in [5.74, 6) is -1.16. The van der Waals surface area contributed by atoms with Crippen molar-refractivity contribution in [2.45, 2.75) is 25.8 Å². The van der Waals surface area contributed by atoms with Crippen LogP contribution in [0.25, 0.3) is 10.9 Å². The first-order chi connectivity index (χ1) is 9.56. The molecule has 5 nitrogen and oxygen atoms in total. The van der Waals surface area contributed by atoms with Gasteiger partial charge < -0.3 is 15.0 Å². The third-order valence-corrected chi connectivity index (χ3v) is 3.81. The van der Waals surface area contributed by atoms with Crippen molar-refractivity contribution in [3.8, 4) is 0 Å². The molecule has 0 aliphatic carbocycles. The van der Waals surface area contributed by atoms with Crippen LogP contribution in [0.15, 0.2) is 24.3 Å². The van der Waals surface area contributed by atoms with Crippen LogP contribution < -0.4 is 0 Å². The molecule has 1 saturated heterocycles. The van der Waals surface area contributed by atoms with Crippen molar-refractivity contribution < 1.29 is 14.7 Å². The second kappa shape index (κ2) is 4.67. The summed E-state index contributed by atoms with van der Waals surface area (Å²) in [4.78, 5) is 28.1. The molecule has 1 aromatic heterocycles. The van der Waals surface area contributed by atoms with E-state index in [1.165, 1.54) is 4.90 Å². The van der Waals surface area contributed by atoms with Gasteiger partial charge in [0.1, 0.15) is 11.7 Å². The Morgan fingerprint density at radius 2 is 2.15 bits per heavy atom. The zero-order chi connectivity index (χ0) is 14.3. The molecule has 0 unspecified atom stereocenters. The largest absolute Gasteiger partial charge is 0.480 e. The van der Waals surface area contributed by atoms with Crippen LogP contribution in [0.3, 0.4) is 0 Å². The number of amides is 1. The van der Waals surface area contributed by atoms with Crippen molar-refractivity contribution in [3.05, 3.63) is 35.5 Å². The van der Waals surface area contributed by atoms with Crippen LogP contribution in [0, 0.1) is 6.92 Å². The minimum absolute atomic E-state index is 0.233. The quantitative estimate of drug-likeness (QED) is 0.880. The number of nitrogens with one attached hydrogen (secondary N) is 1. The standard InChI is InChI=1S/C15H16N2O3/c1-9-4-5-11-10(7-9)8-12(16-11)14(18)17-6-2-3-13(17)15(19)20/h4-5,7-8,13,16H,2-3,6H2,1H3,(H,19,20)/t13-/m0/s1. The molecule has 20 heavy (non-hydrogen) atoms. The average molecular weight is 272 g/mol. The number of H-pyrrole nitrogens is 1. The van der Waals surface area contributed by atoms with Gasteiger partial charge in [0.15, 0.2) is 0 Å². The molecule has 1 amide bonds. The van der Waals surface area contributed by atoms with E-state index in [-0.39, 0.29) is 5.91 Å². The second-order valence-electron chi connectivity index (χ2n) is 5.27. The zero-order valence-electron chi connectivity index (χ0n) is 11.2. The van der Waals surface area contributed by atoms with Gasteiger partial charge in [-0.15, -0.1) is 0 Å². The summed E-state index contributed by atoms with van der Waals surface area (Å²) in [6.45, 7) is 2.50. The highest BCUT2D eigenvalue weighted by Gasteiger charge is 2.34. The lowest BCUT2D eigenvalue weighted by Crippen LogP contribution is -2.40. The van der Waals surface area contributed by atoms with Gasteiger partial charge in [0.05, 0.1) is 0 Å². The molecule has 1 aromatic carbocycles. The molecule has 0 radical (unpaired) electrons. The van der Waals surface area contributed by atoms with Crippen molar-refractivity contribution in [1.82, 2.24) is 9.88 Å². The van der Waals surface area contributed by atoms with Crippen LogP contribution in [0.2, 0.25) is 0 Å². The molecule has 2 aromatic rings. The van der Waals surface area contributed by atoms with Gasteiger partial charge in [0.25, 0.3) is 5.91 Å². The minimum Gasteiger partial charge on any atom is -0.480 e. The Labute approximate surface area is 116 Å². The Bertz CT molecular complexity index is 689. The van der Waals surface area contributed by atoms with E-state index in [4.69, 9.17) is 5.11 Å². The van der Waals surface area contributed by atoms with E-state index in [0.717, 1.165) is 22.9 Å². The maximum Gasteiger partial charge on any atom is 0.326 e. The molecular formula is C15H16N2O3. The highest BCUT2D eigenvalue weighted by molar-refractivity contribution is 5.99. The molecule has 0 bridgehead atoms. The number of likely N-dealkylation sites (tertiary alicyclic amines) is 1. The van der Waals surface area contributed by atoms with E-state index in [1.807, 2.05) is 25.1 Å². The Balaban J connectivity index is 1.94. The predicted octanol–water partition coefficient (Wildman–Crippen LogP) is 2.17. The summed E-state index contributed by atoms with van der Waals surface area (Å²) < 4.78 is 0. The molecule has 2 N–H and O–H groups in total. The van der Waals surface area contributed by atoms with Gasteiger partial charge in [0.2, 0.25) is 0 Å². The number of aliphatic carboxylic acids is 1. The number of hydrogen-bond donors (Lipinski definition) is 2. The van der Waals surface area contributed by atoms with Crippen LogP contribution in [-0.4, -0.2) is 39.5 Å². The number of rotatable bonds is 2. The third-order valence-electron chi connectivity index (χ3n) is 3.81. The van der Waals surface area contributed by atoms with Gasteiger partial charge in [0, 0.05) is 17.4 Å². The molecule has 3 rings (SSSR count). The number of benzene rings is 1. The van der Waals surface area contributed by atoms with Crippen LogP contribution >= 0.6 is 0 Å². The van der Waals surface area contributed by atoms with Crippen molar-refractivity contribution >= 4 is 22.8 Å². The maximum absolute atomic E-state index is 12.4. The molecule has 0 saturated carbocycles. The summed E-state index contributed by atoms with van der Waals surface area (Å²) in [7, 11) is 0. The van der Waals surface area contributed by atoms with Crippen molar-refractivity contribution in [3.63, 3.8) is 0 Å². The molecule has 1 aliphatic heterocycles. The molecule has 5 heteroatoms. The molecule has 1 fully saturated rings. The topological polar surface area (TPSA) is 73.4 Å². The smallest absolute Gasteiger partial charge is 0.326 e. The summed E-state index contributed by atoms with van der Waals surface area (Å²) in [6.07, 6.45) is 1.27. The van der Waals surface area contributed by atoms with Gasteiger partial charge in [-0.05, 0) is 38.0 Å². The van der Waals surface area contributed by atoms with Crippen LogP contribution in [0.1, 0.15) is 28.9 Å². The summed E-state index contributed by atoms with van der Waals surface area (Å²) in [6, 6.07) is 7.00. The molecule has 104 valence electrons. The fraction of sp³-hybridized carbons (Fsp3) is 0.333. The monoisotopic (exact) mass is 272 g/mol. The van der Waals surface area contributed by atoms with E-state index in [0.29, 0.717) is 18.7 Å². The number of hydrogen-bond acceptors (Lipinski definition) is 2. The number of nitrogens with zero attached hydrogens (tertiary/aromatic N) is 1. The van der Waals surface area contributed by atoms with Crippen LogP contribution in [0.5, 0.6) is 0 Å². The molecular weight excluding hydrogens is 256 g/mol. The van der Waals surface area contributed by atoms with Gasteiger partial charge in [-0.25, -0.2) is 4.79 Å². The Morgan fingerprint density at radius 3 is 2.90 bits per heavy atom. The first kappa shape index (κ1) is 12.7. The molecule has 0 spiro atoms. The second-order valence-corrected chi connectivity index (χ2v) is 5.27. The van der Waals surface area contributed by atoms with Gasteiger partial charge in [-0.2, -0.15) is 0 Å². The van der Waals surface area contributed by atoms with E-state index in [9.17, 15) is 9.59 Å². The highest BCUT2D eigenvalue weighted by Crippen LogP contribution is 2.23. The number of carboxylic acid groups (broad SMARTS) is 1. The van der Waals surface area contributed by atoms with E-state index < -0.39 is 12.0 Å². The first-order valence-corrected chi connectivity index (χ1v) is 6.69. The Hall–Kier alpha value is -2.30. The Morgan fingerprint density at radius 1 is 1.35 bits per heavy atom. The number of carbonyl (C=O) groups excluding carboxylic acids is 1. The van der Waals surface area contributed by atoms with Gasteiger partial charge >= 0.3 is 5.97 Å². The summed E-state index contributed by atoms with van der Waals surface area (Å²) in [5.41, 5.74) is 2.48. The lowest BCUT2D eigenvalue weighted by Gasteiger charge is -2.20. The molecule has 1 atom stereocenters. The summed E-state index contributed by atoms with van der Waals surface area (Å²) >= 11 is 0. The van der Waals surface area contributed by atoms with Gasteiger partial charge in [-0.1, -0.05) is 11.6 Å². The number of fused-ring (bicyclic) bond motifs is 1. The lowest BCUT2D eigenvalue weighted by atomic mass is 10.2. The number of carboxylic acids is 1. The molecule has 2 heterocycles. The fourth-order valence-corrected chi connectivity index (χ4v) is 2.79. The number of aryl methyl sites for hydroxylation is 1. The first-order valence-electron chi connectivity index (χ1n) is 6.69. The lowest BCUT2D eigenvalue weighted by molar-refractivity contribution is -0.141. The van der Waals surface area contributed by atoms with Crippen molar-refractivity contribution in [1.29, 1.82) is 0 Å². The van der Waals surface area contributed by atoms with E-state index in [1.54, 1.807) is 6.07 Å². The van der Waals surface area contributed by atoms with Crippen molar-refractivity contribution in [2.75, 3.05) is 6.54 Å². The van der Waals surface area contributed by atoms with Crippen LogP contribution in [-0.2, 0) is 4.79 Å². The number of aromatic amines is 1. The third kappa shape index (κ3) is 2.05. The Kier molecular flexibility index (Phi) is 2.97. The minimum atomic E-state index is -0.928. The van der Waals surface area contributed by atoms with Crippen LogP contribution in [0.4, 0.5) is 0 Å². The zero-order valence-corrected chi connectivity index (χ0v) is 11.2. The summed E-state index contributed by atoms with van der Waals surface area (Å²) in [5, 5.41) is 10.1. The average Bonchev–Trinajstić information content (AvgIpc) is 3.03. The SMILES string of the molecule is Cc1ccc2[nH]c(C(=O)N3CCC[C@H]3C(=O)O)cc2c1. The number of aromatic nitrogens is 1. The van der Waals surface area contributed by atoms with Crippen molar-refractivity contribution in [2.24, 2.45) is 0 Å².